The summed E-state index contributed by atoms with van der Waals surface area (Å²) in [4.78, 5) is 0. The summed E-state index contributed by atoms with van der Waals surface area (Å²) in [6, 6.07) is 0. The number of aliphatic hydroxyl groups is 2. The van der Waals surface area contributed by atoms with E-state index >= 15 is 0 Å². The van der Waals surface area contributed by atoms with Gasteiger partial charge >= 0.3 is 0 Å². The van der Waals surface area contributed by atoms with Crippen molar-refractivity contribution in [3.8, 4) is 0 Å². The third-order valence-corrected chi connectivity index (χ3v) is 0. The molecule has 0 aliphatic heterocycles. The maximum absolute atomic E-state index is 8.06. The van der Waals surface area contributed by atoms with Gasteiger partial charge < -0.3 is 10.2 Å². The number of hydrogen-bond acceptors (Lipinski definition) is 2. The molecule has 0 aliphatic carbocycles. The van der Waals surface area contributed by atoms with Crippen LogP contribution in [0.3, 0.4) is 0 Å². The van der Waals surface area contributed by atoms with Gasteiger partial charge in [0.2, 0.25) is 0 Å². The zero-order valence-electron chi connectivity index (χ0n) is 6.55. The van der Waals surface area contributed by atoms with E-state index in [0.717, 1.165) is 0 Å². The average Bonchev–Trinajstić information content (AvgIpc) is 1.25. The smallest absolute Gasteiger partial charge is 0.0483 e. The molecule has 0 aliphatic rings. The van der Waals surface area contributed by atoms with E-state index in [-0.39, 0.29) is 38.4 Å². The van der Waals surface area contributed by atoms with E-state index in [0.29, 0.717) is 0 Å². The summed E-state index contributed by atoms with van der Waals surface area (Å²) >= 11 is 0. The summed E-state index contributed by atoms with van der Waals surface area (Å²) in [5.41, 5.74) is 0. The summed E-state index contributed by atoms with van der Waals surface area (Å²) < 4.78 is 0. The Bertz CT molecular complexity index is 26.5. The fourth-order valence-corrected chi connectivity index (χ4v) is 0. The molecule has 0 amide bonds. The van der Waals surface area contributed by atoms with Crippen LogP contribution in [-0.4, -0.2) is 22.4 Å². The molecule has 2 N–H and O–H groups in total. The average molecular weight is 211 g/mol. The summed E-state index contributed by atoms with van der Waals surface area (Å²) in [5.74, 6) is 0. The Balaban J connectivity index is -0.0000000720. The minimum absolute atomic E-state index is 0. The van der Waals surface area contributed by atoms with E-state index in [4.69, 9.17) is 10.2 Å². The molecular weight excluding hydrogens is 195 g/mol. The molecule has 0 saturated heterocycles. The molecule has 0 spiro atoms. The van der Waals surface area contributed by atoms with Gasteiger partial charge in [0.25, 0.3) is 0 Å². The zero-order valence-corrected chi connectivity index (χ0v) is 9.01. The Kier molecular flexibility index (Phi) is 21.1. The van der Waals surface area contributed by atoms with Gasteiger partial charge in [-0.25, -0.2) is 0 Å². The second kappa shape index (κ2) is 11.6. The molecule has 0 fully saturated rings. The monoisotopic (exact) mass is 210 g/mol. The predicted octanol–water partition coefficient (Wildman–Crippen LogP) is 0.772. The van der Waals surface area contributed by atoms with Crippen LogP contribution in [0.4, 0.5) is 0 Å². The van der Waals surface area contributed by atoms with Crippen molar-refractivity contribution in [1.29, 1.82) is 0 Å². The van der Waals surface area contributed by atoms with Crippen molar-refractivity contribution in [2.24, 2.45) is 0 Å². The first-order valence-corrected chi connectivity index (χ1v) is 2.83. The van der Waals surface area contributed by atoms with Crippen molar-refractivity contribution < 1.29 is 36.4 Å². The van der Waals surface area contributed by atoms with Crippen LogP contribution < -0.4 is 0 Å². The first kappa shape index (κ1) is 16.4. The van der Waals surface area contributed by atoms with Gasteiger partial charge in [-0.1, -0.05) is 0 Å². The van der Waals surface area contributed by atoms with Gasteiger partial charge in [0.15, 0.2) is 0 Å². The van der Waals surface area contributed by atoms with Gasteiger partial charge in [-0.15, -0.1) is 0 Å². The molecule has 2 nitrogen and oxygen atoms in total. The van der Waals surface area contributed by atoms with Gasteiger partial charge in [0, 0.05) is 38.4 Å². The van der Waals surface area contributed by atoms with Crippen LogP contribution in [0.15, 0.2) is 0 Å². The molecule has 0 saturated carbocycles. The van der Waals surface area contributed by atoms with Crippen molar-refractivity contribution in [3.63, 3.8) is 0 Å². The first-order valence-electron chi connectivity index (χ1n) is 2.83. The molecule has 56 valence electrons. The number of rotatable bonds is 0. The molecule has 0 atom stereocenters. The number of hydrogen-bond donors (Lipinski definition) is 2. The predicted molar refractivity (Wildman–Crippen MR) is 34.7 cm³/mol. The minimum Gasteiger partial charge on any atom is -0.394 e. The molecule has 0 aromatic rings. The van der Waals surface area contributed by atoms with Crippen LogP contribution in [0.1, 0.15) is 27.7 Å². The maximum atomic E-state index is 8.06. The SMILES string of the molecule is CC(C)O.CC(C)O.[Zr]. The molecule has 0 bridgehead atoms. The summed E-state index contributed by atoms with van der Waals surface area (Å²) in [7, 11) is 0. The molecule has 3 heteroatoms. The van der Waals surface area contributed by atoms with Gasteiger partial charge in [-0.3, -0.25) is 0 Å². The third kappa shape index (κ3) is 632. The standard InChI is InChI=1S/2C3H8O.Zr/c2*1-3(2)4;/h2*3-4H,1-2H3;. The third-order valence-electron chi connectivity index (χ3n) is 0. The van der Waals surface area contributed by atoms with Crippen LogP contribution in [0.2, 0.25) is 0 Å². The Morgan fingerprint density at radius 2 is 0.778 bits per heavy atom. The minimum atomic E-state index is -0.167. The molecule has 0 heterocycles. The van der Waals surface area contributed by atoms with E-state index in [1.807, 2.05) is 0 Å². The van der Waals surface area contributed by atoms with E-state index in [1.54, 1.807) is 27.7 Å². The van der Waals surface area contributed by atoms with Crippen molar-refractivity contribution >= 4 is 0 Å². The molecule has 0 rings (SSSR count). The van der Waals surface area contributed by atoms with Crippen LogP contribution in [-0.2, 0) is 26.2 Å². The van der Waals surface area contributed by atoms with Gasteiger partial charge in [0.05, 0.1) is 0 Å². The van der Waals surface area contributed by atoms with E-state index in [1.165, 1.54) is 0 Å². The van der Waals surface area contributed by atoms with Crippen LogP contribution >= 0.6 is 0 Å². The second-order valence-corrected chi connectivity index (χ2v) is 2.19. The van der Waals surface area contributed by atoms with E-state index in [9.17, 15) is 0 Å². The normalized spacial score (nSPS) is 8.00. The largest absolute Gasteiger partial charge is 0.394 e. The van der Waals surface area contributed by atoms with Crippen molar-refractivity contribution in [1.82, 2.24) is 0 Å². The second-order valence-electron chi connectivity index (χ2n) is 2.19. The molecule has 9 heavy (non-hydrogen) atoms. The fraction of sp³-hybridized carbons (Fsp3) is 1.00. The maximum Gasteiger partial charge on any atom is 0.0483 e. The van der Waals surface area contributed by atoms with Crippen LogP contribution in [0.5, 0.6) is 0 Å². The Morgan fingerprint density at radius 3 is 0.778 bits per heavy atom. The topological polar surface area (TPSA) is 40.5 Å². The summed E-state index contributed by atoms with van der Waals surface area (Å²) in [5, 5.41) is 16.1. The van der Waals surface area contributed by atoms with Crippen molar-refractivity contribution in [2.45, 2.75) is 39.9 Å². The van der Waals surface area contributed by atoms with Crippen molar-refractivity contribution in [2.75, 3.05) is 0 Å². The van der Waals surface area contributed by atoms with Gasteiger partial charge in [0.1, 0.15) is 0 Å². The van der Waals surface area contributed by atoms with Crippen LogP contribution in [0, 0.1) is 0 Å². The summed E-state index contributed by atoms with van der Waals surface area (Å²) in [6.07, 6.45) is -0.333. The molecule has 0 aromatic heterocycles. The van der Waals surface area contributed by atoms with Gasteiger partial charge in [-0.05, 0) is 27.7 Å². The molecular formula is C6H16O2Zr. The zero-order chi connectivity index (χ0) is 7.15. The Labute approximate surface area is 76.4 Å². The molecule has 0 unspecified atom stereocenters. The van der Waals surface area contributed by atoms with E-state index in [2.05, 4.69) is 0 Å². The first-order chi connectivity index (χ1) is 3.46. The quantitative estimate of drug-likeness (QED) is 0.621. The van der Waals surface area contributed by atoms with Crippen LogP contribution in [0.25, 0.3) is 0 Å². The van der Waals surface area contributed by atoms with Crippen molar-refractivity contribution in [3.05, 3.63) is 0 Å². The van der Waals surface area contributed by atoms with Gasteiger partial charge in [-0.2, -0.15) is 0 Å². The Hall–Kier alpha value is 0.803. The molecule has 0 radical (unpaired) electrons. The number of aliphatic hydroxyl groups excluding tert-OH is 2. The molecule has 0 aromatic carbocycles. The fourth-order valence-electron chi connectivity index (χ4n) is 0. The van der Waals surface area contributed by atoms with E-state index < -0.39 is 0 Å². The Morgan fingerprint density at radius 1 is 0.778 bits per heavy atom. The summed E-state index contributed by atoms with van der Waals surface area (Å²) in [6.45, 7) is 6.89.